The van der Waals surface area contributed by atoms with E-state index in [2.05, 4.69) is 20.9 Å². The number of rotatable bonds is 4. The summed E-state index contributed by atoms with van der Waals surface area (Å²) in [5.74, 6) is -0.126. The third kappa shape index (κ3) is 3.81. The highest BCUT2D eigenvalue weighted by Crippen LogP contribution is 2.06. The summed E-state index contributed by atoms with van der Waals surface area (Å²) in [6, 6.07) is 2.92. The lowest BCUT2D eigenvalue weighted by atomic mass is 10.2. The van der Waals surface area contributed by atoms with Crippen LogP contribution in [-0.4, -0.2) is 34.2 Å². The van der Waals surface area contributed by atoms with Gasteiger partial charge in [-0.1, -0.05) is 22.9 Å². The van der Waals surface area contributed by atoms with Crippen LogP contribution in [0.2, 0.25) is 0 Å². The number of carbonyl (C=O) groups is 1. The standard InChI is InChI=1S/C11H15BrN2O2/c1-8(12)4-6-14(2)11(16)9-3-5-13-10(15)7-9/h3,5,7-8H,4,6H2,1-2H3,(H,13,15). The minimum Gasteiger partial charge on any atom is -0.342 e. The van der Waals surface area contributed by atoms with Crippen molar-refractivity contribution in [1.29, 1.82) is 0 Å². The van der Waals surface area contributed by atoms with Gasteiger partial charge in [-0.15, -0.1) is 0 Å². The lowest BCUT2D eigenvalue weighted by molar-refractivity contribution is 0.0793. The maximum Gasteiger partial charge on any atom is 0.253 e. The van der Waals surface area contributed by atoms with E-state index < -0.39 is 0 Å². The minimum atomic E-state index is -0.256. The van der Waals surface area contributed by atoms with Gasteiger partial charge in [0.2, 0.25) is 5.56 Å². The zero-order valence-electron chi connectivity index (χ0n) is 9.37. The van der Waals surface area contributed by atoms with Crippen LogP contribution in [0.1, 0.15) is 23.7 Å². The van der Waals surface area contributed by atoms with Gasteiger partial charge in [0, 0.05) is 36.2 Å². The molecule has 0 saturated heterocycles. The van der Waals surface area contributed by atoms with Crippen molar-refractivity contribution in [2.24, 2.45) is 0 Å². The van der Waals surface area contributed by atoms with E-state index in [0.29, 0.717) is 16.9 Å². The molecule has 1 unspecified atom stereocenters. The summed E-state index contributed by atoms with van der Waals surface area (Å²) in [6.45, 7) is 2.70. The number of pyridine rings is 1. The van der Waals surface area contributed by atoms with Crippen LogP contribution < -0.4 is 5.56 Å². The highest BCUT2D eigenvalue weighted by Gasteiger charge is 2.12. The number of halogens is 1. The Labute approximate surface area is 103 Å². The molecule has 0 spiro atoms. The van der Waals surface area contributed by atoms with E-state index in [-0.39, 0.29) is 11.5 Å². The second kappa shape index (κ2) is 5.84. The second-order valence-electron chi connectivity index (χ2n) is 3.74. The lowest BCUT2D eigenvalue weighted by Crippen LogP contribution is -2.29. The number of H-pyrrole nitrogens is 1. The molecule has 1 amide bonds. The van der Waals surface area contributed by atoms with Crippen LogP contribution in [0.3, 0.4) is 0 Å². The maximum atomic E-state index is 11.9. The van der Waals surface area contributed by atoms with Crippen molar-refractivity contribution in [3.63, 3.8) is 0 Å². The summed E-state index contributed by atoms with van der Waals surface area (Å²) in [6.07, 6.45) is 2.36. The molecule has 16 heavy (non-hydrogen) atoms. The van der Waals surface area contributed by atoms with E-state index in [1.165, 1.54) is 12.3 Å². The number of aromatic nitrogens is 1. The van der Waals surface area contributed by atoms with Gasteiger partial charge in [-0.3, -0.25) is 9.59 Å². The first-order valence-corrected chi connectivity index (χ1v) is 6.00. The van der Waals surface area contributed by atoms with Crippen molar-refractivity contribution in [2.75, 3.05) is 13.6 Å². The Hall–Kier alpha value is -1.10. The predicted molar refractivity (Wildman–Crippen MR) is 67.0 cm³/mol. The molecule has 0 aromatic carbocycles. The molecule has 0 aliphatic rings. The second-order valence-corrected chi connectivity index (χ2v) is 5.30. The summed E-state index contributed by atoms with van der Waals surface area (Å²) in [7, 11) is 1.74. The average molecular weight is 287 g/mol. The predicted octanol–water partition coefficient (Wildman–Crippen LogP) is 1.62. The van der Waals surface area contributed by atoms with E-state index >= 15 is 0 Å². The molecular weight excluding hydrogens is 272 g/mol. The number of hydrogen-bond acceptors (Lipinski definition) is 2. The number of carbonyl (C=O) groups excluding carboxylic acids is 1. The van der Waals surface area contributed by atoms with Crippen LogP contribution in [0.25, 0.3) is 0 Å². The van der Waals surface area contributed by atoms with Gasteiger partial charge in [-0.2, -0.15) is 0 Å². The molecule has 0 aliphatic carbocycles. The van der Waals surface area contributed by atoms with Gasteiger partial charge in [-0.05, 0) is 12.5 Å². The maximum absolute atomic E-state index is 11.9. The Morgan fingerprint density at radius 1 is 1.62 bits per heavy atom. The van der Waals surface area contributed by atoms with Crippen molar-refractivity contribution >= 4 is 21.8 Å². The summed E-state index contributed by atoms with van der Waals surface area (Å²) in [5, 5.41) is 0. The molecule has 88 valence electrons. The normalized spacial score (nSPS) is 12.2. The van der Waals surface area contributed by atoms with Gasteiger partial charge in [-0.25, -0.2) is 0 Å². The molecule has 1 N–H and O–H groups in total. The van der Waals surface area contributed by atoms with Crippen LogP contribution >= 0.6 is 15.9 Å². The molecule has 5 heteroatoms. The molecule has 4 nitrogen and oxygen atoms in total. The monoisotopic (exact) mass is 286 g/mol. The van der Waals surface area contributed by atoms with E-state index in [1.54, 1.807) is 18.0 Å². The van der Waals surface area contributed by atoms with Gasteiger partial charge in [0.05, 0.1) is 0 Å². The van der Waals surface area contributed by atoms with Gasteiger partial charge in [0.25, 0.3) is 5.91 Å². The van der Waals surface area contributed by atoms with E-state index in [0.717, 1.165) is 6.42 Å². The smallest absolute Gasteiger partial charge is 0.253 e. The van der Waals surface area contributed by atoms with Crippen molar-refractivity contribution < 1.29 is 4.79 Å². The molecule has 1 aromatic rings. The summed E-state index contributed by atoms with van der Waals surface area (Å²) in [5.41, 5.74) is 0.168. The van der Waals surface area contributed by atoms with Crippen LogP contribution in [-0.2, 0) is 0 Å². The fraction of sp³-hybridized carbons (Fsp3) is 0.455. The number of nitrogens with one attached hydrogen (secondary N) is 1. The van der Waals surface area contributed by atoms with E-state index in [9.17, 15) is 9.59 Å². The highest BCUT2D eigenvalue weighted by atomic mass is 79.9. The summed E-state index contributed by atoms with van der Waals surface area (Å²) in [4.78, 5) is 27.4. The Morgan fingerprint density at radius 2 is 2.31 bits per heavy atom. The third-order valence-electron chi connectivity index (χ3n) is 2.23. The van der Waals surface area contributed by atoms with Gasteiger partial charge >= 0.3 is 0 Å². The Bertz CT molecular complexity index is 414. The van der Waals surface area contributed by atoms with Crippen molar-refractivity contribution in [3.8, 4) is 0 Å². The van der Waals surface area contributed by atoms with Gasteiger partial charge < -0.3 is 9.88 Å². The molecule has 1 atom stereocenters. The van der Waals surface area contributed by atoms with E-state index in [4.69, 9.17) is 0 Å². The number of alkyl halides is 1. The van der Waals surface area contributed by atoms with Crippen molar-refractivity contribution in [3.05, 3.63) is 34.2 Å². The summed E-state index contributed by atoms with van der Waals surface area (Å²) < 4.78 is 0. The fourth-order valence-electron chi connectivity index (χ4n) is 1.27. The highest BCUT2D eigenvalue weighted by molar-refractivity contribution is 9.09. The zero-order chi connectivity index (χ0) is 12.1. The molecule has 0 bridgehead atoms. The summed E-state index contributed by atoms with van der Waals surface area (Å²) >= 11 is 3.43. The quantitative estimate of drug-likeness (QED) is 0.856. The molecule has 1 rings (SSSR count). The molecule has 0 fully saturated rings. The van der Waals surface area contributed by atoms with Gasteiger partial charge in [0.1, 0.15) is 0 Å². The zero-order valence-corrected chi connectivity index (χ0v) is 11.0. The van der Waals surface area contributed by atoms with Crippen LogP contribution in [0.5, 0.6) is 0 Å². The number of hydrogen-bond donors (Lipinski definition) is 1. The number of nitrogens with zero attached hydrogens (tertiary/aromatic N) is 1. The van der Waals surface area contributed by atoms with Crippen LogP contribution in [0, 0.1) is 0 Å². The Morgan fingerprint density at radius 3 is 2.88 bits per heavy atom. The number of amides is 1. The Balaban J connectivity index is 2.67. The molecular formula is C11H15BrN2O2. The minimum absolute atomic E-state index is 0.126. The van der Waals surface area contributed by atoms with Gasteiger partial charge in [0.15, 0.2) is 0 Å². The first-order chi connectivity index (χ1) is 7.50. The van der Waals surface area contributed by atoms with E-state index in [1.807, 2.05) is 6.92 Å². The molecule has 1 aromatic heterocycles. The average Bonchev–Trinajstić information content (AvgIpc) is 2.24. The van der Waals surface area contributed by atoms with Crippen molar-refractivity contribution in [2.45, 2.75) is 18.2 Å². The molecule has 0 radical (unpaired) electrons. The molecule has 0 aliphatic heterocycles. The van der Waals surface area contributed by atoms with Crippen molar-refractivity contribution in [1.82, 2.24) is 9.88 Å². The first-order valence-electron chi connectivity index (χ1n) is 5.09. The molecule has 0 saturated carbocycles. The largest absolute Gasteiger partial charge is 0.342 e. The third-order valence-corrected chi connectivity index (χ3v) is 2.69. The van der Waals surface area contributed by atoms with Crippen LogP contribution in [0.15, 0.2) is 23.1 Å². The van der Waals surface area contributed by atoms with Crippen LogP contribution in [0.4, 0.5) is 0 Å². The topological polar surface area (TPSA) is 53.2 Å². The lowest BCUT2D eigenvalue weighted by Gasteiger charge is -2.17. The molecule has 1 heterocycles. The fourth-order valence-corrected chi connectivity index (χ4v) is 1.48. The Kier molecular flexibility index (Phi) is 4.73. The SMILES string of the molecule is CC(Br)CCN(C)C(=O)c1cc[nH]c(=O)c1. The first kappa shape index (κ1) is 13.0. The number of aromatic amines is 1.